The van der Waals surface area contributed by atoms with Crippen molar-refractivity contribution in [3.63, 3.8) is 0 Å². The van der Waals surface area contributed by atoms with Crippen LogP contribution in [0.25, 0.3) is 6.08 Å². The number of carbonyl (C=O) groups is 1. The predicted octanol–water partition coefficient (Wildman–Crippen LogP) is 2.43. The van der Waals surface area contributed by atoms with Crippen molar-refractivity contribution in [3.05, 3.63) is 35.4 Å². The molecule has 3 rings (SSSR count). The number of hydrogen-bond acceptors (Lipinski definition) is 4. The zero-order valence-electron chi connectivity index (χ0n) is 10.8. The molecule has 4 heteroatoms. The van der Waals surface area contributed by atoms with Gasteiger partial charge in [-0.25, -0.2) is 4.79 Å². The zero-order chi connectivity index (χ0) is 13.3. The van der Waals surface area contributed by atoms with Gasteiger partial charge >= 0.3 is 5.97 Å². The number of esters is 1. The minimum atomic E-state index is -0.331. The van der Waals surface area contributed by atoms with Gasteiger partial charge in [0, 0.05) is 18.4 Å². The van der Waals surface area contributed by atoms with Gasteiger partial charge in [-0.1, -0.05) is 6.08 Å². The summed E-state index contributed by atoms with van der Waals surface area (Å²) in [5, 5.41) is 0. The lowest BCUT2D eigenvalue weighted by Gasteiger charge is -2.37. The Morgan fingerprint density at radius 1 is 1.32 bits per heavy atom. The van der Waals surface area contributed by atoms with Crippen molar-refractivity contribution in [2.75, 3.05) is 20.3 Å². The first-order chi connectivity index (χ1) is 9.22. The quantitative estimate of drug-likeness (QED) is 0.727. The molecule has 0 aliphatic carbocycles. The molecule has 2 aliphatic rings. The molecule has 0 amide bonds. The van der Waals surface area contributed by atoms with Crippen LogP contribution in [0.3, 0.4) is 0 Å². The van der Waals surface area contributed by atoms with Gasteiger partial charge in [0.15, 0.2) is 0 Å². The van der Waals surface area contributed by atoms with E-state index in [1.54, 1.807) is 12.1 Å². The third-order valence-electron chi connectivity index (χ3n) is 3.65. The number of hydrogen-bond donors (Lipinski definition) is 0. The Hall–Kier alpha value is -1.81. The summed E-state index contributed by atoms with van der Waals surface area (Å²) in [6, 6.07) is 5.36. The van der Waals surface area contributed by atoms with Gasteiger partial charge in [-0.3, -0.25) is 0 Å². The number of methoxy groups -OCH3 is 1. The Kier molecular flexibility index (Phi) is 3.03. The SMILES string of the molecule is COC(=O)c1ccc2c(c1)C=CC1(CCOCC1)O2. The standard InChI is InChI=1S/C15H16O4/c1-17-14(16)12-2-3-13-11(10-12)4-5-15(19-13)6-8-18-9-7-15/h2-5,10H,6-9H2,1H3. The largest absolute Gasteiger partial charge is 0.482 e. The van der Waals surface area contributed by atoms with Gasteiger partial charge in [0.05, 0.1) is 25.9 Å². The maximum Gasteiger partial charge on any atom is 0.337 e. The van der Waals surface area contributed by atoms with Crippen molar-refractivity contribution >= 4 is 12.0 Å². The Bertz CT molecular complexity index is 527. The van der Waals surface area contributed by atoms with E-state index in [1.165, 1.54) is 7.11 Å². The molecule has 0 saturated carbocycles. The molecule has 2 aliphatic heterocycles. The molecule has 1 spiro atoms. The van der Waals surface area contributed by atoms with Crippen LogP contribution in [0.15, 0.2) is 24.3 Å². The van der Waals surface area contributed by atoms with Crippen molar-refractivity contribution in [2.45, 2.75) is 18.4 Å². The molecular formula is C15H16O4. The van der Waals surface area contributed by atoms with Crippen LogP contribution in [0.5, 0.6) is 5.75 Å². The highest BCUT2D eigenvalue weighted by molar-refractivity contribution is 5.90. The molecule has 19 heavy (non-hydrogen) atoms. The second-order valence-electron chi connectivity index (χ2n) is 4.86. The van der Waals surface area contributed by atoms with Gasteiger partial charge in [-0.15, -0.1) is 0 Å². The lowest BCUT2D eigenvalue weighted by atomic mass is 9.90. The Labute approximate surface area is 112 Å². The van der Waals surface area contributed by atoms with Crippen LogP contribution in [-0.4, -0.2) is 31.9 Å². The fourth-order valence-electron chi connectivity index (χ4n) is 2.50. The summed E-state index contributed by atoms with van der Waals surface area (Å²) in [6.07, 6.45) is 5.83. The third-order valence-corrected chi connectivity index (χ3v) is 3.65. The second kappa shape index (κ2) is 4.70. The highest BCUT2D eigenvalue weighted by Gasteiger charge is 2.34. The van der Waals surface area contributed by atoms with Crippen molar-refractivity contribution < 1.29 is 19.0 Å². The van der Waals surface area contributed by atoms with Crippen LogP contribution >= 0.6 is 0 Å². The van der Waals surface area contributed by atoms with Crippen LogP contribution in [0, 0.1) is 0 Å². The molecule has 0 N–H and O–H groups in total. The maximum atomic E-state index is 11.5. The molecule has 0 aromatic heterocycles. The van der Waals surface area contributed by atoms with E-state index in [0.717, 1.165) is 37.4 Å². The first-order valence-corrected chi connectivity index (χ1v) is 6.41. The van der Waals surface area contributed by atoms with Gasteiger partial charge < -0.3 is 14.2 Å². The number of fused-ring (bicyclic) bond motifs is 1. The molecule has 1 aromatic rings. The van der Waals surface area contributed by atoms with E-state index in [0.29, 0.717) is 5.56 Å². The molecule has 4 nitrogen and oxygen atoms in total. The minimum Gasteiger partial charge on any atom is -0.482 e. The highest BCUT2D eigenvalue weighted by Crippen LogP contribution is 2.36. The zero-order valence-corrected chi connectivity index (χ0v) is 10.8. The van der Waals surface area contributed by atoms with Crippen LogP contribution in [0.4, 0.5) is 0 Å². The Morgan fingerprint density at radius 2 is 2.11 bits per heavy atom. The Morgan fingerprint density at radius 3 is 2.84 bits per heavy atom. The molecule has 2 heterocycles. The van der Waals surface area contributed by atoms with E-state index in [-0.39, 0.29) is 11.6 Å². The van der Waals surface area contributed by atoms with Crippen molar-refractivity contribution in [3.8, 4) is 5.75 Å². The maximum absolute atomic E-state index is 11.5. The predicted molar refractivity (Wildman–Crippen MR) is 70.2 cm³/mol. The molecule has 0 atom stereocenters. The summed E-state index contributed by atoms with van der Waals surface area (Å²) in [5.74, 6) is 0.486. The highest BCUT2D eigenvalue weighted by atomic mass is 16.5. The van der Waals surface area contributed by atoms with Crippen LogP contribution in [0.2, 0.25) is 0 Å². The normalized spacial score (nSPS) is 19.6. The van der Waals surface area contributed by atoms with E-state index < -0.39 is 0 Å². The van der Waals surface area contributed by atoms with Gasteiger partial charge in [-0.2, -0.15) is 0 Å². The number of benzene rings is 1. The smallest absolute Gasteiger partial charge is 0.337 e. The lowest BCUT2D eigenvalue weighted by molar-refractivity contribution is -0.0178. The van der Waals surface area contributed by atoms with Crippen LogP contribution in [-0.2, 0) is 9.47 Å². The van der Waals surface area contributed by atoms with Gasteiger partial charge in [0.1, 0.15) is 11.4 Å². The van der Waals surface area contributed by atoms with Crippen molar-refractivity contribution in [1.29, 1.82) is 0 Å². The van der Waals surface area contributed by atoms with E-state index in [2.05, 4.69) is 6.08 Å². The summed E-state index contributed by atoms with van der Waals surface area (Å²) >= 11 is 0. The molecule has 1 aromatic carbocycles. The van der Waals surface area contributed by atoms with Crippen LogP contribution in [0.1, 0.15) is 28.8 Å². The summed E-state index contributed by atoms with van der Waals surface area (Å²) in [7, 11) is 1.38. The van der Waals surface area contributed by atoms with Crippen molar-refractivity contribution in [2.24, 2.45) is 0 Å². The fourth-order valence-corrected chi connectivity index (χ4v) is 2.50. The number of ether oxygens (including phenoxy) is 3. The van der Waals surface area contributed by atoms with E-state index >= 15 is 0 Å². The summed E-state index contributed by atoms with van der Waals surface area (Å²) in [5.41, 5.74) is 1.22. The first kappa shape index (κ1) is 12.2. The Balaban J connectivity index is 1.89. The summed E-state index contributed by atoms with van der Waals surface area (Å²) in [4.78, 5) is 11.5. The topological polar surface area (TPSA) is 44.8 Å². The fraction of sp³-hybridized carbons (Fsp3) is 0.400. The molecular weight excluding hydrogens is 244 g/mol. The van der Waals surface area contributed by atoms with Crippen LogP contribution < -0.4 is 4.74 Å². The first-order valence-electron chi connectivity index (χ1n) is 6.41. The number of rotatable bonds is 1. The van der Waals surface area contributed by atoms with Crippen molar-refractivity contribution in [1.82, 2.24) is 0 Å². The monoisotopic (exact) mass is 260 g/mol. The molecule has 1 saturated heterocycles. The number of carbonyl (C=O) groups excluding carboxylic acids is 1. The third kappa shape index (κ3) is 2.24. The molecule has 0 unspecified atom stereocenters. The second-order valence-corrected chi connectivity index (χ2v) is 4.86. The molecule has 1 fully saturated rings. The van der Waals surface area contributed by atoms with E-state index in [1.807, 2.05) is 12.1 Å². The lowest BCUT2D eigenvalue weighted by Crippen LogP contribution is -2.41. The van der Waals surface area contributed by atoms with Gasteiger partial charge in [-0.05, 0) is 24.3 Å². The average molecular weight is 260 g/mol. The van der Waals surface area contributed by atoms with Gasteiger partial charge in [0.25, 0.3) is 0 Å². The van der Waals surface area contributed by atoms with E-state index in [9.17, 15) is 4.79 Å². The van der Waals surface area contributed by atoms with Gasteiger partial charge in [0.2, 0.25) is 0 Å². The summed E-state index contributed by atoms with van der Waals surface area (Å²) in [6.45, 7) is 1.44. The van der Waals surface area contributed by atoms with E-state index in [4.69, 9.17) is 14.2 Å². The summed E-state index contributed by atoms with van der Waals surface area (Å²) < 4.78 is 16.2. The molecule has 0 bridgehead atoms. The molecule has 0 radical (unpaired) electrons. The molecule has 100 valence electrons. The average Bonchev–Trinajstić information content (AvgIpc) is 2.47. The minimum absolute atomic E-state index is 0.238.